The highest BCUT2D eigenvalue weighted by Crippen LogP contribution is 2.26. The Labute approximate surface area is 144 Å². The molecule has 7 heteroatoms. The molecular formula is C17H20N4O2S. The number of likely N-dealkylation sites (tertiary alicyclic amines) is 1. The van der Waals surface area contributed by atoms with Gasteiger partial charge in [0.2, 0.25) is 5.91 Å². The fraction of sp³-hybridized carbons (Fsp3) is 0.412. The van der Waals surface area contributed by atoms with E-state index in [9.17, 15) is 9.59 Å². The highest BCUT2D eigenvalue weighted by atomic mass is 32.1. The summed E-state index contributed by atoms with van der Waals surface area (Å²) in [5.74, 6) is 0.111. The van der Waals surface area contributed by atoms with Gasteiger partial charge in [0.05, 0.1) is 11.4 Å². The van der Waals surface area contributed by atoms with Crippen LogP contribution in [0.5, 0.6) is 0 Å². The minimum absolute atomic E-state index is 0.111. The first-order chi connectivity index (χ1) is 11.6. The van der Waals surface area contributed by atoms with Gasteiger partial charge in [0, 0.05) is 32.3 Å². The Morgan fingerprint density at radius 1 is 1.42 bits per heavy atom. The lowest BCUT2D eigenvalue weighted by molar-refractivity contribution is -0.127. The maximum Gasteiger partial charge on any atom is 0.263 e. The topological polar surface area (TPSA) is 75.2 Å². The smallest absolute Gasteiger partial charge is 0.263 e. The van der Waals surface area contributed by atoms with Crippen LogP contribution in [0, 0.1) is 6.92 Å². The van der Waals surface area contributed by atoms with E-state index in [2.05, 4.69) is 15.3 Å². The van der Waals surface area contributed by atoms with E-state index < -0.39 is 0 Å². The van der Waals surface area contributed by atoms with Crippen LogP contribution in [0.4, 0.5) is 0 Å². The van der Waals surface area contributed by atoms with E-state index in [0.29, 0.717) is 30.1 Å². The molecule has 0 radical (unpaired) electrons. The molecule has 2 aromatic rings. The maximum atomic E-state index is 12.3. The third kappa shape index (κ3) is 3.79. The third-order valence-electron chi connectivity index (χ3n) is 3.95. The molecule has 0 atom stereocenters. The molecule has 1 fully saturated rings. The molecule has 1 saturated heterocycles. The van der Waals surface area contributed by atoms with Crippen LogP contribution in [-0.2, 0) is 4.79 Å². The second kappa shape index (κ2) is 7.53. The molecule has 0 spiro atoms. The first-order valence-electron chi connectivity index (χ1n) is 8.10. The van der Waals surface area contributed by atoms with Crippen LogP contribution in [0.3, 0.4) is 0 Å². The van der Waals surface area contributed by atoms with Gasteiger partial charge in [-0.15, -0.1) is 11.3 Å². The van der Waals surface area contributed by atoms with Crippen LogP contribution in [0.2, 0.25) is 0 Å². The van der Waals surface area contributed by atoms with Crippen molar-refractivity contribution in [2.45, 2.75) is 26.2 Å². The van der Waals surface area contributed by atoms with Crippen LogP contribution >= 0.6 is 11.3 Å². The predicted octanol–water partition coefficient (Wildman–Crippen LogP) is 2.26. The number of pyridine rings is 1. The number of hydrogen-bond donors (Lipinski definition) is 1. The zero-order valence-corrected chi connectivity index (χ0v) is 14.4. The van der Waals surface area contributed by atoms with E-state index in [4.69, 9.17) is 0 Å². The summed E-state index contributed by atoms with van der Waals surface area (Å²) in [4.78, 5) is 35.1. The van der Waals surface area contributed by atoms with Crippen molar-refractivity contribution in [1.82, 2.24) is 20.2 Å². The Morgan fingerprint density at radius 2 is 2.29 bits per heavy atom. The minimum atomic E-state index is -0.111. The highest BCUT2D eigenvalue weighted by molar-refractivity contribution is 7.17. The summed E-state index contributed by atoms with van der Waals surface area (Å²) in [5, 5.41) is 3.67. The quantitative estimate of drug-likeness (QED) is 0.816. The Hall–Kier alpha value is -2.28. The van der Waals surface area contributed by atoms with Crippen molar-refractivity contribution in [3.05, 3.63) is 35.0 Å². The molecule has 0 saturated carbocycles. The lowest BCUT2D eigenvalue weighted by Gasteiger charge is -2.15. The van der Waals surface area contributed by atoms with Gasteiger partial charge < -0.3 is 10.2 Å². The number of rotatable bonds is 6. The SMILES string of the molecule is Cc1nc(-c2ccccn2)sc1C(=O)NCCCN1CCCC1=O. The van der Waals surface area contributed by atoms with E-state index in [0.717, 1.165) is 30.1 Å². The van der Waals surface area contributed by atoms with Crippen LogP contribution < -0.4 is 5.32 Å². The number of nitrogens with one attached hydrogen (secondary N) is 1. The summed E-state index contributed by atoms with van der Waals surface area (Å²) in [6, 6.07) is 5.63. The van der Waals surface area contributed by atoms with Crippen molar-refractivity contribution in [2.24, 2.45) is 0 Å². The first kappa shape index (κ1) is 16.6. The van der Waals surface area contributed by atoms with Gasteiger partial charge in [-0.25, -0.2) is 4.98 Å². The number of carbonyl (C=O) groups is 2. The number of aryl methyl sites for hydroxylation is 1. The van der Waals surface area contributed by atoms with Crippen molar-refractivity contribution in [1.29, 1.82) is 0 Å². The number of aromatic nitrogens is 2. The second-order valence-electron chi connectivity index (χ2n) is 5.74. The fourth-order valence-corrected chi connectivity index (χ4v) is 3.66. The molecule has 0 bridgehead atoms. The van der Waals surface area contributed by atoms with E-state index in [1.807, 2.05) is 30.0 Å². The zero-order chi connectivity index (χ0) is 16.9. The van der Waals surface area contributed by atoms with Crippen molar-refractivity contribution in [2.75, 3.05) is 19.6 Å². The van der Waals surface area contributed by atoms with Gasteiger partial charge in [-0.1, -0.05) is 6.07 Å². The summed E-state index contributed by atoms with van der Waals surface area (Å²) < 4.78 is 0. The molecule has 1 aliphatic rings. The summed E-state index contributed by atoms with van der Waals surface area (Å²) in [6.07, 6.45) is 4.08. The second-order valence-corrected chi connectivity index (χ2v) is 6.74. The largest absolute Gasteiger partial charge is 0.351 e. The Morgan fingerprint density at radius 3 is 3.00 bits per heavy atom. The summed E-state index contributed by atoms with van der Waals surface area (Å²) in [7, 11) is 0. The molecule has 6 nitrogen and oxygen atoms in total. The third-order valence-corrected chi connectivity index (χ3v) is 5.13. The van der Waals surface area contributed by atoms with Crippen molar-refractivity contribution < 1.29 is 9.59 Å². The molecule has 24 heavy (non-hydrogen) atoms. The molecule has 2 aromatic heterocycles. The van der Waals surface area contributed by atoms with Crippen LogP contribution in [0.25, 0.3) is 10.7 Å². The molecular weight excluding hydrogens is 324 g/mol. The number of amides is 2. The molecule has 126 valence electrons. The summed E-state index contributed by atoms with van der Waals surface area (Å²) >= 11 is 1.35. The highest BCUT2D eigenvalue weighted by Gasteiger charge is 2.20. The van der Waals surface area contributed by atoms with Crippen LogP contribution in [-0.4, -0.2) is 46.3 Å². The van der Waals surface area contributed by atoms with Gasteiger partial charge in [0.25, 0.3) is 5.91 Å². The van der Waals surface area contributed by atoms with E-state index in [1.165, 1.54) is 11.3 Å². The fourth-order valence-electron chi connectivity index (χ4n) is 2.70. The van der Waals surface area contributed by atoms with Crippen molar-refractivity contribution in [3.8, 4) is 10.7 Å². The van der Waals surface area contributed by atoms with E-state index in [-0.39, 0.29) is 11.8 Å². The minimum Gasteiger partial charge on any atom is -0.351 e. The normalized spacial score (nSPS) is 14.2. The summed E-state index contributed by atoms with van der Waals surface area (Å²) in [5.41, 5.74) is 1.49. The number of nitrogens with zero attached hydrogens (tertiary/aromatic N) is 3. The van der Waals surface area contributed by atoms with Gasteiger partial charge in [0.1, 0.15) is 9.88 Å². The monoisotopic (exact) mass is 344 g/mol. The van der Waals surface area contributed by atoms with Gasteiger partial charge in [-0.2, -0.15) is 0 Å². The maximum absolute atomic E-state index is 12.3. The van der Waals surface area contributed by atoms with Gasteiger partial charge in [-0.3, -0.25) is 14.6 Å². The van der Waals surface area contributed by atoms with Crippen LogP contribution in [0.1, 0.15) is 34.6 Å². The number of hydrogen-bond acceptors (Lipinski definition) is 5. The molecule has 0 unspecified atom stereocenters. The predicted molar refractivity (Wildman–Crippen MR) is 92.8 cm³/mol. The zero-order valence-electron chi connectivity index (χ0n) is 13.6. The summed E-state index contributed by atoms with van der Waals surface area (Å²) in [6.45, 7) is 3.94. The lowest BCUT2D eigenvalue weighted by atomic mass is 10.3. The Bertz CT molecular complexity index is 729. The first-order valence-corrected chi connectivity index (χ1v) is 8.91. The molecule has 0 aliphatic carbocycles. The van der Waals surface area contributed by atoms with Crippen LogP contribution in [0.15, 0.2) is 24.4 Å². The molecule has 3 rings (SSSR count). The molecule has 2 amide bonds. The molecule has 1 aliphatic heterocycles. The van der Waals surface area contributed by atoms with Gasteiger partial charge in [-0.05, 0) is 31.9 Å². The van der Waals surface area contributed by atoms with Crippen molar-refractivity contribution >= 4 is 23.2 Å². The molecule has 0 aromatic carbocycles. The standard InChI is InChI=1S/C17H20N4O2S/c1-12-15(24-17(20-12)13-6-2-3-8-18-13)16(23)19-9-5-11-21-10-4-7-14(21)22/h2-3,6,8H,4-5,7,9-11H2,1H3,(H,19,23). The lowest BCUT2D eigenvalue weighted by Crippen LogP contribution is -2.30. The Kier molecular flexibility index (Phi) is 5.20. The van der Waals surface area contributed by atoms with Gasteiger partial charge >= 0.3 is 0 Å². The molecule has 3 heterocycles. The Balaban J connectivity index is 1.53. The van der Waals surface area contributed by atoms with E-state index in [1.54, 1.807) is 6.20 Å². The van der Waals surface area contributed by atoms with E-state index >= 15 is 0 Å². The number of carbonyl (C=O) groups excluding carboxylic acids is 2. The number of thiazole rings is 1. The van der Waals surface area contributed by atoms with Gasteiger partial charge in [0.15, 0.2) is 0 Å². The molecule has 1 N–H and O–H groups in total. The average molecular weight is 344 g/mol. The average Bonchev–Trinajstić information content (AvgIpc) is 3.18. The van der Waals surface area contributed by atoms with Crippen molar-refractivity contribution in [3.63, 3.8) is 0 Å².